The molecule has 2 rings (SSSR count). The van der Waals surface area contributed by atoms with Gasteiger partial charge in [-0.3, -0.25) is 0 Å². The Morgan fingerprint density at radius 1 is 1.47 bits per heavy atom. The molecule has 1 aromatic carbocycles. The maximum absolute atomic E-state index is 13.9. The molecule has 0 atom stereocenters. The number of aryl methyl sites for hydroxylation is 1. The van der Waals surface area contributed by atoms with Crippen molar-refractivity contribution >= 4 is 10.9 Å². The first-order valence-electron chi connectivity index (χ1n) is 6.63. The van der Waals surface area contributed by atoms with Gasteiger partial charge in [0.25, 0.3) is 0 Å². The van der Waals surface area contributed by atoms with Crippen LogP contribution in [0.15, 0.2) is 24.4 Å². The summed E-state index contributed by atoms with van der Waals surface area (Å²) in [5, 5.41) is 0.0956. The van der Waals surface area contributed by atoms with E-state index in [0.29, 0.717) is 5.52 Å². The number of hydrogen-bond acceptors (Lipinski definition) is 1. The number of benzene rings is 1. The van der Waals surface area contributed by atoms with E-state index in [-0.39, 0.29) is 10.9 Å². The molecule has 0 saturated carbocycles. The number of aromatic nitrogens is 1. The van der Waals surface area contributed by atoms with Gasteiger partial charge in [0.05, 0.1) is 0 Å². The molecule has 1 heterocycles. The van der Waals surface area contributed by atoms with Crippen molar-refractivity contribution in [2.45, 2.75) is 6.37 Å². The first kappa shape index (κ1) is 6.28. The Kier molecular flexibility index (Phi) is 1.69. The summed E-state index contributed by atoms with van der Waals surface area (Å²) in [6, 6.07) is 4.39. The van der Waals surface area contributed by atoms with Crippen molar-refractivity contribution in [2.24, 2.45) is 0 Å². The van der Waals surface area contributed by atoms with E-state index in [2.05, 4.69) is 4.98 Å². The van der Waals surface area contributed by atoms with Crippen molar-refractivity contribution in [1.29, 1.82) is 0 Å². The summed E-state index contributed by atoms with van der Waals surface area (Å²) in [5.41, 5.74) is 0.438. The van der Waals surface area contributed by atoms with Gasteiger partial charge in [-0.25, -0.2) is 4.39 Å². The van der Waals surface area contributed by atoms with Crippen LogP contribution in [0.4, 0.5) is 4.39 Å². The first-order chi connectivity index (χ1) is 8.69. The molecule has 0 spiro atoms. The van der Waals surface area contributed by atoms with Crippen molar-refractivity contribution in [3.63, 3.8) is 0 Å². The van der Waals surface area contributed by atoms with E-state index in [1.54, 1.807) is 6.07 Å². The quantitative estimate of drug-likeness (QED) is 0.824. The molecule has 0 unspecified atom stereocenters. The van der Waals surface area contributed by atoms with Crippen LogP contribution in [0.1, 0.15) is 11.0 Å². The molecule has 0 radical (unpaired) electrons. The smallest absolute Gasteiger partial charge is 0.132 e. The van der Waals surface area contributed by atoms with Gasteiger partial charge in [0, 0.05) is 29.1 Å². The molecule has 80 valence electrons. The van der Waals surface area contributed by atoms with Crippen LogP contribution in [0, 0.1) is 5.82 Å². The van der Waals surface area contributed by atoms with Gasteiger partial charge in [-0.15, -0.1) is 0 Å². The molecule has 0 bridgehead atoms. The van der Waals surface area contributed by atoms with Crippen molar-refractivity contribution < 1.29 is 9.87 Å². The minimum atomic E-state index is -2.35. The average molecular weight is 210 g/mol. The summed E-state index contributed by atoms with van der Waals surface area (Å²) in [6.45, 7) is -2.26. The van der Waals surface area contributed by atoms with E-state index in [9.17, 15) is 4.39 Å². The third-order valence-corrected chi connectivity index (χ3v) is 2.07. The van der Waals surface area contributed by atoms with Crippen LogP contribution in [0.3, 0.4) is 0 Å². The topological polar surface area (TPSA) is 19.0 Å². The first-order valence-corrected chi connectivity index (χ1v) is 4.63. The Labute approximate surface area is 94.3 Å². The molecule has 0 aliphatic rings. The summed E-state index contributed by atoms with van der Waals surface area (Å²) in [5.74, 6) is -0.563. The molecule has 1 N–H and O–H groups in total. The molecule has 1 aromatic heterocycles. The summed E-state index contributed by atoms with van der Waals surface area (Å²) in [4.78, 5) is 3.93. The van der Waals surface area contributed by atoms with E-state index in [1.807, 2.05) is 0 Å². The van der Waals surface area contributed by atoms with E-state index in [1.165, 1.54) is 32.4 Å². The zero-order valence-corrected chi connectivity index (χ0v) is 8.63. The maximum Gasteiger partial charge on any atom is 0.132 e. The SMILES string of the molecule is [2H]C([2H])(c1c[nH]c2cccc(F)c12)C([2H])([2H])N(C)C. The van der Waals surface area contributed by atoms with Crippen LogP contribution < -0.4 is 0 Å². The largest absolute Gasteiger partial charge is 0.361 e. The van der Waals surface area contributed by atoms with Crippen molar-refractivity contribution in [3.05, 3.63) is 35.8 Å². The molecular weight excluding hydrogens is 191 g/mol. The predicted octanol–water partition coefficient (Wildman–Crippen LogP) is 2.41. The lowest BCUT2D eigenvalue weighted by Gasteiger charge is -2.08. The molecule has 3 heteroatoms. The third-order valence-electron chi connectivity index (χ3n) is 2.07. The lowest BCUT2D eigenvalue weighted by Crippen LogP contribution is -2.14. The van der Waals surface area contributed by atoms with Crippen LogP contribution in [-0.4, -0.2) is 30.5 Å². The van der Waals surface area contributed by atoms with Crippen LogP contribution in [-0.2, 0) is 6.37 Å². The number of fused-ring (bicyclic) bond motifs is 1. The molecule has 0 saturated heterocycles. The van der Waals surface area contributed by atoms with Gasteiger partial charge < -0.3 is 9.88 Å². The number of rotatable bonds is 3. The van der Waals surface area contributed by atoms with Crippen LogP contribution >= 0.6 is 0 Å². The Morgan fingerprint density at radius 3 is 3.00 bits per heavy atom. The van der Waals surface area contributed by atoms with Gasteiger partial charge in [-0.05, 0) is 38.2 Å². The number of likely N-dealkylation sites (N-methyl/N-ethyl adjacent to an activating group) is 1. The summed E-state index contributed by atoms with van der Waals surface area (Å²) < 4.78 is 45.8. The van der Waals surface area contributed by atoms with Crippen LogP contribution in [0.5, 0.6) is 0 Å². The Hall–Kier alpha value is -1.35. The number of aromatic amines is 1. The zero-order chi connectivity index (χ0) is 14.4. The van der Waals surface area contributed by atoms with Gasteiger partial charge >= 0.3 is 0 Å². The van der Waals surface area contributed by atoms with Crippen LogP contribution in [0.2, 0.25) is 0 Å². The second-order valence-corrected chi connectivity index (χ2v) is 3.50. The van der Waals surface area contributed by atoms with Crippen LogP contribution in [0.25, 0.3) is 10.9 Å². The second-order valence-electron chi connectivity index (χ2n) is 3.50. The summed E-state index contributed by atoms with van der Waals surface area (Å²) >= 11 is 0. The van der Waals surface area contributed by atoms with Gasteiger partial charge in [-0.2, -0.15) is 0 Å². The van der Waals surface area contributed by atoms with E-state index in [4.69, 9.17) is 5.48 Å². The lowest BCUT2D eigenvalue weighted by atomic mass is 10.1. The number of hydrogen-bond donors (Lipinski definition) is 1. The fourth-order valence-corrected chi connectivity index (χ4v) is 1.41. The van der Waals surface area contributed by atoms with Gasteiger partial charge in [0.2, 0.25) is 0 Å². The Bertz CT molecular complexity index is 607. The molecule has 0 aliphatic carbocycles. The normalized spacial score (nSPS) is 17.3. The summed E-state index contributed by atoms with van der Waals surface area (Å²) in [6.07, 6.45) is -1.02. The molecule has 0 aliphatic heterocycles. The molecular formula is C12H15FN2. The van der Waals surface area contributed by atoms with Crippen molar-refractivity contribution in [1.82, 2.24) is 9.88 Å². The molecule has 2 nitrogen and oxygen atoms in total. The fraction of sp³-hybridized carbons (Fsp3) is 0.333. The second kappa shape index (κ2) is 4.03. The highest BCUT2D eigenvalue weighted by atomic mass is 19.1. The van der Waals surface area contributed by atoms with E-state index < -0.39 is 18.7 Å². The Morgan fingerprint density at radius 2 is 2.27 bits per heavy atom. The minimum absolute atomic E-state index is 0.0145. The lowest BCUT2D eigenvalue weighted by molar-refractivity contribution is 0.414. The van der Waals surface area contributed by atoms with Crippen molar-refractivity contribution in [2.75, 3.05) is 20.6 Å². The monoisotopic (exact) mass is 210 g/mol. The molecule has 2 aromatic rings. The minimum Gasteiger partial charge on any atom is -0.361 e. The highest BCUT2D eigenvalue weighted by Crippen LogP contribution is 2.21. The van der Waals surface area contributed by atoms with Gasteiger partial charge in [-0.1, -0.05) is 6.07 Å². The predicted molar refractivity (Wildman–Crippen MR) is 60.5 cm³/mol. The molecule has 15 heavy (non-hydrogen) atoms. The number of nitrogens with one attached hydrogen (secondary N) is 1. The van der Waals surface area contributed by atoms with Crippen molar-refractivity contribution in [3.8, 4) is 0 Å². The van der Waals surface area contributed by atoms with E-state index in [0.717, 1.165) is 4.90 Å². The van der Waals surface area contributed by atoms with E-state index >= 15 is 0 Å². The number of H-pyrrole nitrogens is 1. The zero-order valence-electron chi connectivity index (χ0n) is 12.6. The highest BCUT2D eigenvalue weighted by molar-refractivity contribution is 5.83. The maximum atomic E-state index is 13.9. The molecule has 0 fully saturated rings. The third kappa shape index (κ3) is 2.02. The average Bonchev–Trinajstić information content (AvgIpc) is 2.74. The standard InChI is InChI=1S/C12H15FN2/c1-15(2)7-6-9-8-14-11-5-3-4-10(13)12(9)11/h3-5,8,14H,6-7H2,1-2H3/i6D2,7D2. The highest BCUT2D eigenvalue weighted by Gasteiger charge is 2.07. The number of nitrogens with zero attached hydrogens (tertiary/aromatic N) is 1. The molecule has 0 amide bonds. The van der Waals surface area contributed by atoms with Gasteiger partial charge in [0.15, 0.2) is 0 Å². The summed E-state index contributed by atoms with van der Waals surface area (Å²) in [7, 11) is 2.89. The van der Waals surface area contributed by atoms with Gasteiger partial charge in [0.1, 0.15) is 5.82 Å². The fourth-order valence-electron chi connectivity index (χ4n) is 1.41. The number of halogens is 1. The Balaban J connectivity index is 2.68.